The van der Waals surface area contributed by atoms with E-state index in [4.69, 9.17) is 11.6 Å². The Morgan fingerprint density at radius 1 is 1.05 bits per heavy atom. The Bertz CT molecular complexity index is 657. The Balaban J connectivity index is 2.21. The Labute approximate surface area is 123 Å². The van der Waals surface area contributed by atoms with Crippen molar-refractivity contribution in [2.45, 2.75) is 6.04 Å². The number of carbonyl (C=O) groups is 1. The number of benzene rings is 2. The van der Waals surface area contributed by atoms with Crippen molar-refractivity contribution in [2.24, 2.45) is 0 Å². The molecule has 3 rings (SSSR count). The lowest BCUT2D eigenvalue weighted by atomic mass is 9.94. The van der Waals surface area contributed by atoms with Crippen molar-refractivity contribution in [3.05, 3.63) is 64.7 Å². The molecule has 1 unspecified atom stereocenters. The lowest BCUT2D eigenvalue weighted by Gasteiger charge is -2.39. The summed E-state index contributed by atoms with van der Waals surface area (Å²) in [4.78, 5) is 15.8. The fraction of sp³-hybridized carbons (Fsp3) is 0.188. The van der Waals surface area contributed by atoms with Gasteiger partial charge in [0.2, 0.25) is 0 Å². The SMILES string of the molecule is CN1C(=O)N(C)C(c2ccccc2)c2cc(Cl)ccc21. The molecule has 1 aliphatic heterocycles. The van der Waals surface area contributed by atoms with Crippen LogP contribution in [0, 0.1) is 0 Å². The van der Waals surface area contributed by atoms with Crippen LogP contribution in [0.15, 0.2) is 48.5 Å². The smallest absolute Gasteiger partial charge is 0.316 e. The number of anilines is 1. The number of urea groups is 1. The lowest BCUT2D eigenvalue weighted by Crippen LogP contribution is -2.46. The Morgan fingerprint density at radius 3 is 2.45 bits per heavy atom. The lowest BCUT2D eigenvalue weighted by molar-refractivity contribution is 0.202. The Morgan fingerprint density at radius 2 is 1.75 bits per heavy atom. The van der Waals surface area contributed by atoms with Gasteiger partial charge < -0.3 is 4.90 Å². The van der Waals surface area contributed by atoms with Gasteiger partial charge in [-0.1, -0.05) is 41.9 Å². The highest BCUT2D eigenvalue weighted by Gasteiger charge is 2.34. The van der Waals surface area contributed by atoms with Crippen LogP contribution in [0.3, 0.4) is 0 Å². The summed E-state index contributed by atoms with van der Waals surface area (Å²) in [5.41, 5.74) is 3.04. The third-order valence-corrected chi connectivity index (χ3v) is 3.97. The first-order valence-electron chi connectivity index (χ1n) is 6.44. The zero-order valence-electron chi connectivity index (χ0n) is 11.4. The molecule has 0 aliphatic carbocycles. The molecule has 0 radical (unpaired) electrons. The molecule has 0 N–H and O–H groups in total. The highest BCUT2D eigenvalue weighted by molar-refractivity contribution is 6.30. The monoisotopic (exact) mass is 286 g/mol. The average molecular weight is 287 g/mol. The van der Waals surface area contributed by atoms with Gasteiger partial charge in [-0.25, -0.2) is 4.79 Å². The zero-order chi connectivity index (χ0) is 14.3. The maximum Gasteiger partial charge on any atom is 0.324 e. The quantitative estimate of drug-likeness (QED) is 0.779. The van der Waals surface area contributed by atoms with Gasteiger partial charge in [-0.3, -0.25) is 4.90 Å². The van der Waals surface area contributed by atoms with Crippen LogP contribution in [-0.2, 0) is 0 Å². The average Bonchev–Trinajstić information content (AvgIpc) is 2.46. The predicted molar refractivity (Wildman–Crippen MR) is 81.3 cm³/mol. The van der Waals surface area contributed by atoms with Crippen LogP contribution >= 0.6 is 11.6 Å². The van der Waals surface area contributed by atoms with Gasteiger partial charge in [0.15, 0.2) is 0 Å². The van der Waals surface area contributed by atoms with E-state index in [0.717, 1.165) is 16.8 Å². The Kier molecular flexibility index (Phi) is 3.14. The first-order valence-corrected chi connectivity index (χ1v) is 6.82. The fourth-order valence-electron chi connectivity index (χ4n) is 2.75. The predicted octanol–water partition coefficient (Wildman–Crippen LogP) is 3.93. The van der Waals surface area contributed by atoms with Gasteiger partial charge in [-0.15, -0.1) is 0 Å². The summed E-state index contributed by atoms with van der Waals surface area (Å²) in [6, 6.07) is 15.5. The van der Waals surface area contributed by atoms with Crippen molar-refractivity contribution in [1.29, 1.82) is 0 Å². The molecule has 0 saturated carbocycles. The molecule has 0 bridgehead atoms. The maximum absolute atomic E-state index is 12.4. The topological polar surface area (TPSA) is 23.6 Å². The van der Waals surface area contributed by atoms with Crippen LogP contribution in [0.5, 0.6) is 0 Å². The number of halogens is 1. The number of hydrogen-bond acceptors (Lipinski definition) is 1. The molecule has 102 valence electrons. The second kappa shape index (κ2) is 4.84. The van der Waals surface area contributed by atoms with E-state index in [1.165, 1.54) is 0 Å². The minimum Gasteiger partial charge on any atom is -0.316 e. The molecule has 0 fully saturated rings. The molecule has 1 aliphatic rings. The molecule has 0 saturated heterocycles. The zero-order valence-corrected chi connectivity index (χ0v) is 12.1. The van der Waals surface area contributed by atoms with E-state index in [0.29, 0.717) is 5.02 Å². The summed E-state index contributed by atoms with van der Waals surface area (Å²) >= 11 is 6.14. The summed E-state index contributed by atoms with van der Waals surface area (Å²) < 4.78 is 0. The molecule has 1 atom stereocenters. The summed E-state index contributed by atoms with van der Waals surface area (Å²) in [5, 5.41) is 0.681. The number of rotatable bonds is 1. The largest absolute Gasteiger partial charge is 0.324 e. The van der Waals surface area contributed by atoms with E-state index >= 15 is 0 Å². The summed E-state index contributed by atoms with van der Waals surface area (Å²) in [5.74, 6) is 0. The van der Waals surface area contributed by atoms with Gasteiger partial charge in [0, 0.05) is 24.7 Å². The highest BCUT2D eigenvalue weighted by Crippen LogP contribution is 2.40. The molecule has 2 aromatic rings. The number of fused-ring (bicyclic) bond motifs is 1. The van der Waals surface area contributed by atoms with E-state index in [9.17, 15) is 4.79 Å². The summed E-state index contributed by atoms with van der Waals surface area (Å²) in [6.07, 6.45) is 0. The van der Waals surface area contributed by atoms with Gasteiger partial charge in [0.1, 0.15) is 0 Å². The van der Waals surface area contributed by atoms with Crippen molar-refractivity contribution in [2.75, 3.05) is 19.0 Å². The van der Waals surface area contributed by atoms with Gasteiger partial charge >= 0.3 is 6.03 Å². The van der Waals surface area contributed by atoms with Crippen LogP contribution in [0.4, 0.5) is 10.5 Å². The summed E-state index contributed by atoms with van der Waals surface area (Å²) in [7, 11) is 3.60. The highest BCUT2D eigenvalue weighted by atomic mass is 35.5. The first kappa shape index (κ1) is 13.0. The molecule has 2 aromatic carbocycles. The van der Waals surface area contributed by atoms with Crippen molar-refractivity contribution < 1.29 is 4.79 Å². The van der Waals surface area contributed by atoms with Crippen LogP contribution in [0.25, 0.3) is 0 Å². The molecular formula is C16H15ClN2O. The van der Waals surface area contributed by atoms with E-state index < -0.39 is 0 Å². The Hall–Kier alpha value is -2.00. The van der Waals surface area contributed by atoms with Gasteiger partial charge in [-0.05, 0) is 23.8 Å². The molecule has 0 aromatic heterocycles. The molecule has 1 heterocycles. The number of hydrogen-bond donors (Lipinski definition) is 0. The van der Waals surface area contributed by atoms with Crippen LogP contribution in [0.2, 0.25) is 5.02 Å². The fourth-order valence-corrected chi connectivity index (χ4v) is 2.93. The van der Waals surface area contributed by atoms with E-state index in [-0.39, 0.29) is 12.1 Å². The van der Waals surface area contributed by atoms with E-state index in [1.807, 2.05) is 55.6 Å². The number of amides is 2. The van der Waals surface area contributed by atoms with E-state index in [1.54, 1.807) is 16.8 Å². The van der Waals surface area contributed by atoms with Crippen LogP contribution < -0.4 is 4.90 Å². The minimum atomic E-state index is -0.103. The van der Waals surface area contributed by atoms with Crippen LogP contribution in [0.1, 0.15) is 17.2 Å². The molecule has 20 heavy (non-hydrogen) atoms. The molecule has 2 amide bonds. The van der Waals surface area contributed by atoms with Gasteiger partial charge in [-0.2, -0.15) is 0 Å². The van der Waals surface area contributed by atoms with Crippen molar-refractivity contribution in [3.63, 3.8) is 0 Å². The summed E-state index contributed by atoms with van der Waals surface area (Å²) in [6.45, 7) is 0. The number of nitrogens with zero attached hydrogens (tertiary/aromatic N) is 2. The normalized spacial score (nSPS) is 18.1. The second-order valence-corrected chi connectivity index (χ2v) is 5.41. The molecule has 4 heteroatoms. The van der Waals surface area contributed by atoms with Gasteiger partial charge in [0.05, 0.1) is 11.7 Å². The standard InChI is InChI=1S/C16H15ClN2O/c1-18-14-9-8-12(17)10-13(14)15(19(2)16(18)20)11-6-4-3-5-7-11/h3-10,15H,1-2H3. The maximum atomic E-state index is 12.4. The first-order chi connectivity index (χ1) is 9.59. The third kappa shape index (κ3) is 1.95. The molecular weight excluding hydrogens is 272 g/mol. The van der Waals surface area contributed by atoms with E-state index in [2.05, 4.69) is 0 Å². The van der Waals surface area contributed by atoms with Gasteiger partial charge in [0.25, 0.3) is 0 Å². The van der Waals surface area contributed by atoms with Crippen LogP contribution in [-0.4, -0.2) is 25.0 Å². The van der Waals surface area contributed by atoms with Crippen molar-refractivity contribution in [1.82, 2.24) is 4.90 Å². The van der Waals surface area contributed by atoms with Crippen molar-refractivity contribution in [3.8, 4) is 0 Å². The third-order valence-electron chi connectivity index (χ3n) is 3.74. The molecule has 0 spiro atoms. The number of carbonyl (C=O) groups excluding carboxylic acids is 1. The van der Waals surface area contributed by atoms with Crippen molar-refractivity contribution >= 4 is 23.3 Å². The second-order valence-electron chi connectivity index (χ2n) is 4.97. The molecule has 3 nitrogen and oxygen atoms in total. The minimum absolute atomic E-state index is 0.0197.